The van der Waals surface area contributed by atoms with Gasteiger partial charge in [-0.2, -0.15) is 5.10 Å². The predicted octanol–water partition coefficient (Wildman–Crippen LogP) is 2.13. The number of carbonyl (C=O) groups is 2. The van der Waals surface area contributed by atoms with E-state index in [9.17, 15) is 9.59 Å². The average molecular weight is 314 g/mol. The Kier molecular flexibility index (Phi) is 5.51. The molecule has 0 unspecified atom stereocenters. The Morgan fingerprint density at radius 2 is 1.87 bits per heavy atom. The SMILES string of the molecule is CC(C)NC(=O)c1ccc(NC(=O)CCc2ccnn2C)cc1. The molecule has 0 saturated carbocycles. The zero-order valence-corrected chi connectivity index (χ0v) is 13.7. The van der Waals surface area contributed by atoms with Crippen LogP contribution in [0.1, 0.15) is 36.3 Å². The molecule has 0 fully saturated rings. The van der Waals surface area contributed by atoms with Gasteiger partial charge in [0.05, 0.1) is 0 Å². The lowest BCUT2D eigenvalue weighted by atomic mass is 10.1. The van der Waals surface area contributed by atoms with Crippen LogP contribution in [0.25, 0.3) is 0 Å². The molecular formula is C17H22N4O2. The molecule has 2 N–H and O–H groups in total. The molecule has 0 radical (unpaired) electrons. The van der Waals surface area contributed by atoms with E-state index in [-0.39, 0.29) is 17.9 Å². The molecule has 2 rings (SSSR count). The van der Waals surface area contributed by atoms with Crippen LogP contribution in [0.2, 0.25) is 0 Å². The average Bonchev–Trinajstić information content (AvgIpc) is 2.90. The Hall–Kier alpha value is -2.63. The minimum Gasteiger partial charge on any atom is -0.350 e. The minimum absolute atomic E-state index is 0.0643. The summed E-state index contributed by atoms with van der Waals surface area (Å²) in [5.41, 5.74) is 2.27. The van der Waals surface area contributed by atoms with Gasteiger partial charge < -0.3 is 10.6 Å². The van der Waals surface area contributed by atoms with Gasteiger partial charge in [0.25, 0.3) is 5.91 Å². The fourth-order valence-electron chi connectivity index (χ4n) is 2.16. The molecule has 0 aliphatic heterocycles. The van der Waals surface area contributed by atoms with Crippen LogP contribution in [0, 0.1) is 0 Å². The minimum atomic E-state index is -0.117. The molecule has 6 heteroatoms. The van der Waals surface area contributed by atoms with E-state index in [1.807, 2.05) is 27.0 Å². The van der Waals surface area contributed by atoms with Crippen LogP contribution in [0.15, 0.2) is 36.5 Å². The molecule has 1 aromatic carbocycles. The first kappa shape index (κ1) is 16.7. The number of aryl methyl sites for hydroxylation is 2. The van der Waals surface area contributed by atoms with Gasteiger partial charge >= 0.3 is 0 Å². The highest BCUT2D eigenvalue weighted by Gasteiger charge is 2.08. The number of hydrogen-bond donors (Lipinski definition) is 2. The lowest BCUT2D eigenvalue weighted by Gasteiger charge is -2.09. The van der Waals surface area contributed by atoms with Crippen LogP contribution in [0.5, 0.6) is 0 Å². The second kappa shape index (κ2) is 7.58. The Balaban J connectivity index is 1.86. The molecule has 122 valence electrons. The monoisotopic (exact) mass is 314 g/mol. The molecule has 0 atom stereocenters. The number of aromatic nitrogens is 2. The maximum atomic E-state index is 12.0. The molecule has 0 aliphatic carbocycles. The normalized spacial score (nSPS) is 10.6. The summed E-state index contributed by atoms with van der Waals surface area (Å²) in [5.74, 6) is -0.181. The van der Waals surface area contributed by atoms with Crippen LogP contribution in [0.4, 0.5) is 5.69 Å². The van der Waals surface area contributed by atoms with Crippen molar-refractivity contribution in [3.8, 4) is 0 Å². The molecule has 0 spiro atoms. The van der Waals surface area contributed by atoms with Crippen LogP contribution in [0.3, 0.4) is 0 Å². The number of benzene rings is 1. The third-order valence-electron chi connectivity index (χ3n) is 3.38. The Morgan fingerprint density at radius 1 is 1.17 bits per heavy atom. The van der Waals surface area contributed by atoms with Gasteiger partial charge in [0.1, 0.15) is 0 Å². The van der Waals surface area contributed by atoms with E-state index in [2.05, 4.69) is 15.7 Å². The van der Waals surface area contributed by atoms with Gasteiger partial charge in [-0.05, 0) is 50.6 Å². The molecule has 1 aromatic heterocycles. The van der Waals surface area contributed by atoms with E-state index < -0.39 is 0 Å². The van der Waals surface area contributed by atoms with Gasteiger partial charge in [-0.3, -0.25) is 14.3 Å². The first-order valence-corrected chi connectivity index (χ1v) is 7.63. The highest BCUT2D eigenvalue weighted by Crippen LogP contribution is 2.11. The second-order valence-corrected chi connectivity index (χ2v) is 5.70. The summed E-state index contributed by atoms with van der Waals surface area (Å²) < 4.78 is 1.76. The number of hydrogen-bond acceptors (Lipinski definition) is 3. The maximum absolute atomic E-state index is 12.0. The van der Waals surface area contributed by atoms with Crippen molar-refractivity contribution in [3.63, 3.8) is 0 Å². The predicted molar refractivity (Wildman–Crippen MR) is 89.2 cm³/mol. The van der Waals surface area contributed by atoms with Crippen molar-refractivity contribution in [1.82, 2.24) is 15.1 Å². The van der Waals surface area contributed by atoms with Crippen molar-refractivity contribution in [2.75, 3.05) is 5.32 Å². The highest BCUT2D eigenvalue weighted by molar-refractivity contribution is 5.95. The summed E-state index contributed by atoms with van der Waals surface area (Å²) in [5, 5.41) is 9.73. The topological polar surface area (TPSA) is 76.0 Å². The van der Waals surface area contributed by atoms with Crippen LogP contribution in [-0.4, -0.2) is 27.6 Å². The Bertz CT molecular complexity index is 674. The molecular weight excluding hydrogens is 292 g/mol. The standard InChI is InChI=1S/C17H22N4O2/c1-12(2)19-17(23)13-4-6-14(7-5-13)20-16(22)9-8-15-10-11-18-21(15)3/h4-7,10-12H,8-9H2,1-3H3,(H,19,23)(H,20,22). The summed E-state index contributed by atoms with van der Waals surface area (Å²) in [6, 6.07) is 8.86. The van der Waals surface area contributed by atoms with Gasteiger partial charge in [0.15, 0.2) is 0 Å². The van der Waals surface area contributed by atoms with Crippen molar-refractivity contribution >= 4 is 17.5 Å². The molecule has 0 bridgehead atoms. The molecule has 23 heavy (non-hydrogen) atoms. The van der Waals surface area contributed by atoms with E-state index in [4.69, 9.17) is 0 Å². The lowest BCUT2D eigenvalue weighted by molar-refractivity contribution is -0.116. The van der Waals surface area contributed by atoms with Crippen LogP contribution in [-0.2, 0) is 18.3 Å². The summed E-state index contributed by atoms with van der Waals surface area (Å²) in [7, 11) is 1.86. The van der Waals surface area contributed by atoms with E-state index in [1.165, 1.54) is 0 Å². The number of amides is 2. The van der Waals surface area contributed by atoms with Crippen LogP contribution < -0.4 is 10.6 Å². The fraction of sp³-hybridized carbons (Fsp3) is 0.353. The lowest BCUT2D eigenvalue weighted by Crippen LogP contribution is -2.30. The third kappa shape index (κ3) is 4.95. The van der Waals surface area contributed by atoms with E-state index >= 15 is 0 Å². The van der Waals surface area contributed by atoms with Crippen molar-refractivity contribution in [3.05, 3.63) is 47.8 Å². The second-order valence-electron chi connectivity index (χ2n) is 5.70. The molecule has 2 amide bonds. The molecule has 6 nitrogen and oxygen atoms in total. The summed E-state index contributed by atoms with van der Waals surface area (Å²) in [6.45, 7) is 3.82. The number of anilines is 1. The highest BCUT2D eigenvalue weighted by atomic mass is 16.2. The largest absolute Gasteiger partial charge is 0.350 e. The van der Waals surface area contributed by atoms with Gasteiger partial charge in [-0.25, -0.2) is 0 Å². The van der Waals surface area contributed by atoms with E-state index in [0.29, 0.717) is 24.1 Å². The summed E-state index contributed by atoms with van der Waals surface area (Å²) in [6.07, 6.45) is 2.74. The number of carbonyl (C=O) groups excluding carboxylic acids is 2. The summed E-state index contributed by atoms with van der Waals surface area (Å²) >= 11 is 0. The van der Waals surface area contributed by atoms with E-state index in [1.54, 1.807) is 35.1 Å². The van der Waals surface area contributed by atoms with Crippen molar-refractivity contribution in [2.45, 2.75) is 32.7 Å². The first-order valence-electron chi connectivity index (χ1n) is 7.63. The third-order valence-corrected chi connectivity index (χ3v) is 3.38. The quantitative estimate of drug-likeness (QED) is 0.857. The van der Waals surface area contributed by atoms with Crippen molar-refractivity contribution in [1.29, 1.82) is 0 Å². The van der Waals surface area contributed by atoms with Gasteiger partial charge in [-0.1, -0.05) is 0 Å². The van der Waals surface area contributed by atoms with Gasteiger partial charge in [-0.15, -0.1) is 0 Å². The van der Waals surface area contributed by atoms with Crippen molar-refractivity contribution < 1.29 is 9.59 Å². The summed E-state index contributed by atoms with van der Waals surface area (Å²) in [4.78, 5) is 23.8. The zero-order valence-electron chi connectivity index (χ0n) is 13.7. The van der Waals surface area contributed by atoms with Crippen LogP contribution >= 0.6 is 0 Å². The number of nitrogens with zero attached hydrogens (tertiary/aromatic N) is 2. The van der Waals surface area contributed by atoms with E-state index in [0.717, 1.165) is 5.69 Å². The first-order chi connectivity index (χ1) is 11.0. The Morgan fingerprint density at radius 3 is 2.43 bits per heavy atom. The number of nitrogens with one attached hydrogen (secondary N) is 2. The molecule has 1 heterocycles. The molecule has 2 aromatic rings. The maximum Gasteiger partial charge on any atom is 0.251 e. The Labute approximate surface area is 135 Å². The fourth-order valence-corrected chi connectivity index (χ4v) is 2.16. The smallest absolute Gasteiger partial charge is 0.251 e. The van der Waals surface area contributed by atoms with Crippen molar-refractivity contribution in [2.24, 2.45) is 7.05 Å². The van der Waals surface area contributed by atoms with Gasteiger partial charge in [0.2, 0.25) is 5.91 Å². The molecule has 0 aliphatic rings. The number of rotatable bonds is 6. The molecule has 0 saturated heterocycles. The zero-order chi connectivity index (χ0) is 16.8. The van der Waals surface area contributed by atoms with Gasteiger partial charge in [0, 0.05) is 42.7 Å².